The Morgan fingerprint density at radius 3 is 2.85 bits per heavy atom. The van der Waals surface area contributed by atoms with Crippen molar-refractivity contribution in [2.75, 3.05) is 0 Å². The molecule has 1 atom stereocenters. The molecule has 2 rings (SSSR count). The Balaban J connectivity index is 2.15. The van der Waals surface area contributed by atoms with E-state index in [9.17, 15) is 14.4 Å². The lowest BCUT2D eigenvalue weighted by molar-refractivity contribution is -0.134. The summed E-state index contributed by atoms with van der Waals surface area (Å²) in [5.74, 6) is -1.34. The van der Waals surface area contributed by atoms with Crippen LogP contribution in [-0.4, -0.2) is 23.8 Å². The summed E-state index contributed by atoms with van der Waals surface area (Å²) in [7, 11) is 0. The fourth-order valence-corrected chi connectivity index (χ4v) is 2.02. The summed E-state index contributed by atoms with van der Waals surface area (Å²) in [6.45, 7) is 1.82. The van der Waals surface area contributed by atoms with Crippen molar-refractivity contribution in [1.82, 2.24) is 10.6 Å². The monoisotopic (exact) mass is 271 g/mol. The molecule has 0 radical (unpaired) electrons. The van der Waals surface area contributed by atoms with Gasteiger partial charge in [0.15, 0.2) is 0 Å². The number of rotatable bonds is 2. The third kappa shape index (κ3) is 2.83. The summed E-state index contributed by atoms with van der Waals surface area (Å²) in [6, 6.07) is 6.10. The van der Waals surface area contributed by atoms with E-state index in [0.29, 0.717) is 0 Å². The van der Waals surface area contributed by atoms with Gasteiger partial charge in [-0.3, -0.25) is 19.7 Å². The minimum absolute atomic E-state index is 0.190. The van der Waals surface area contributed by atoms with E-state index in [1.807, 2.05) is 13.0 Å². The van der Waals surface area contributed by atoms with Crippen molar-refractivity contribution >= 4 is 17.7 Å². The molecule has 3 amide bonds. The van der Waals surface area contributed by atoms with Crippen molar-refractivity contribution in [2.45, 2.75) is 25.8 Å². The Hall–Kier alpha value is -2.68. The fraction of sp³-hybridized carbons (Fsp3) is 0.286. The molecule has 1 aliphatic heterocycles. The number of piperidine rings is 1. The van der Waals surface area contributed by atoms with E-state index in [-0.39, 0.29) is 29.9 Å². The van der Waals surface area contributed by atoms with Gasteiger partial charge in [-0.05, 0) is 31.0 Å². The largest absolute Gasteiger partial charge is 0.340 e. The minimum atomic E-state index is -0.743. The maximum Gasteiger partial charge on any atom is 0.253 e. The van der Waals surface area contributed by atoms with Gasteiger partial charge < -0.3 is 5.32 Å². The second kappa shape index (κ2) is 5.53. The van der Waals surface area contributed by atoms with Crippen molar-refractivity contribution in [2.24, 2.45) is 0 Å². The van der Waals surface area contributed by atoms with Gasteiger partial charge in [-0.2, -0.15) is 5.26 Å². The van der Waals surface area contributed by atoms with Gasteiger partial charge in [-0.1, -0.05) is 6.07 Å². The molecule has 1 heterocycles. The standard InChI is InChI=1S/C14H13N3O3/c1-8-2-3-10(9(6-8)7-15)13(19)16-11-4-5-12(18)17-14(11)20/h2-3,6,11H,4-5H2,1H3,(H,16,19)(H,17,18,20). The molecule has 2 N–H and O–H groups in total. The number of nitrogens with one attached hydrogen (secondary N) is 2. The van der Waals surface area contributed by atoms with Crippen molar-refractivity contribution in [3.8, 4) is 6.07 Å². The molecule has 6 heteroatoms. The number of amides is 3. The number of benzene rings is 1. The zero-order chi connectivity index (χ0) is 14.7. The molecule has 0 saturated carbocycles. The van der Waals surface area contributed by atoms with Crippen LogP contribution in [0.15, 0.2) is 18.2 Å². The van der Waals surface area contributed by atoms with Crippen molar-refractivity contribution in [3.05, 3.63) is 34.9 Å². The van der Waals surface area contributed by atoms with Gasteiger partial charge >= 0.3 is 0 Å². The number of aryl methyl sites for hydroxylation is 1. The molecule has 0 aliphatic carbocycles. The number of hydrogen-bond donors (Lipinski definition) is 2. The molecule has 102 valence electrons. The number of hydrogen-bond acceptors (Lipinski definition) is 4. The Labute approximate surface area is 115 Å². The number of carbonyl (C=O) groups excluding carboxylic acids is 3. The third-order valence-corrected chi connectivity index (χ3v) is 3.08. The van der Waals surface area contributed by atoms with Crippen LogP contribution in [0.1, 0.15) is 34.3 Å². The van der Waals surface area contributed by atoms with E-state index in [0.717, 1.165) is 5.56 Å². The van der Waals surface area contributed by atoms with Crippen molar-refractivity contribution < 1.29 is 14.4 Å². The molecule has 0 bridgehead atoms. The van der Waals surface area contributed by atoms with Gasteiger partial charge in [0.05, 0.1) is 17.2 Å². The average molecular weight is 271 g/mol. The van der Waals surface area contributed by atoms with E-state index in [1.54, 1.807) is 18.2 Å². The summed E-state index contributed by atoms with van der Waals surface area (Å²) in [4.78, 5) is 34.7. The quantitative estimate of drug-likeness (QED) is 0.760. The molecule has 1 fully saturated rings. The topological polar surface area (TPSA) is 99.1 Å². The fourth-order valence-electron chi connectivity index (χ4n) is 2.02. The van der Waals surface area contributed by atoms with Gasteiger partial charge in [0.2, 0.25) is 11.8 Å². The summed E-state index contributed by atoms with van der Waals surface area (Å²) in [5.41, 5.74) is 1.36. The Bertz CT molecular complexity index is 631. The van der Waals surface area contributed by atoms with Crippen LogP contribution in [-0.2, 0) is 9.59 Å². The van der Waals surface area contributed by atoms with Crippen LogP contribution in [0.2, 0.25) is 0 Å². The Morgan fingerprint density at radius 2 is 2.20 bits per heavy atom. The van der Waals surface area contributed by atoms with Gasteiger partial charge in [0.25, 0.3) is 5.91 Å². The van der Waals surface area contributed by atoms with E-state index in [4.69, 9.17) is 5.26 Å². The first-order valence-corrected chi connectivity index (χ1v) is 6.16. The highest BCUT2D eigenvalue weighted by Crippen LogP contribution is 2.12. The Kier molecular flexibility index (Phi) is 3.80. The summed E-state index contributed by atoms with van der Waals surface area (Å²) in [6.07, 6.45) is 0.458. The predicted molar refractivity (Wildman–Crippen MR) is 69.5 cm³/mol. The molecular weight excluding hydrogens is 258 g/mol. The molecule has 0 spiro atoms. The van der Waals surface area contributed by atoms with E-state index >= 15 is 0 Å². The smallest absolute Gasteiger partial charge is 0.253 e. The molecule has 1 aromatic carbocycles. The molecule has 20 heavy (non-hydrogen) atoms. The SMILES string of the molecule is Cc1ccc(C(=O)NC2CCC(=O)NC2=O)c(C#N)c1. The first-order chi connectivity index (χ1) is 9.51. The van der Waals surface area contributed by atoms with Gasteiger partial charge in [0.1, 0.15) is 6.04 Å². The van der Waals surface area contributed by atoms with Gasteiger partial charge in [-0.15, -0.1) is 0 Å². The molecule has 1 aliphatic rings. The first-order valence-electron chi connectivity index (χ1n) is 6.16. The molecule has 1 saturated heterocycles. The molecule has 0 aromatic heterocycles. The van der Waals surface area contributed by atoms with Gasteiger partial charge in [0, 0.05) is 6.42 Å². The number of imide groups is 1. The lowest BCUT2D eigenvalue weighted by Gasteiger charge is -2.22. The highest BCUT2D eigenvalue weighted by molar-refractivity contribution is 6.04. The lowest BCUT2D eigenvalue weighted by Crippen LogP contribution is -2.52. The van der Waals surface area contributed by atoms with E-state index in [1.165, 1.54) is 0 Å². The normalized spacial score (nSPS) is 18.1. The van der Waals surface area contributed by atoms with Crippen LogP contribution in [0, 0.1) is 18.3 Å². The van der Waals surface area contributed by atoms with Crippen LogP contribution < -0.4 is 10.6 Å². The maximum atomic E-state index is 12.1. The molecular formula is C14H13N3O3. The first kappa shape index (κ1) is 13.7. The second-order valence-electron chi connectivity index (χ2n) is 4.64. The predicted octanol–water partition coefficient (Wildman–Crippen LogP) is 0.402. The van der Waals surface area contributed by atoms with Crippen molar-refractivity contribution in [1.29, 1.82) is 5.26 Å². The van der Waals surface area contributed by atoms with Gasteiger partial charge in [-0.25, -0.2) is 0 Å². The molecule has 1 aromatic rings. The van der Waals surface area contributed by atoms with E-state index < -0.39 is 17.9 Å². The van der Waals surface area contributed by atoms with Crippen LogP contribution in [0.25, 0.3) is 0 Å². The highest BCUT2D eigenvalue weighted by atomic mass is 16.2. The second-order valence-corrected chi connectivity index (χ2v) is 4.64. The summed E-state index contributed by atoms with van der Waals surface area (Å²) >= 11 is 0. The molecule has 6 nitrogen and oxygen atoms in total. The number of nitrogens with zero attached hydrogens (tertiary/aromatic N) is 1. The minimum Gasteiger partial charge on any atom is -0.340 e. The van der Waals surface area contributed by atoms with Crippen LogP contribution in [0.4, 0.5) is 0 Å². The molecule has 1 unspecified atom stereocenters. The summed E-state index contributed by atoms with van der Waals surface area (Å²) in [5, 5.41) is 13.7. The van der Waals surface area contributed by atoms with Crippen LogP contribution in [0.3, 0.4) is 0 Å². The van der Waals surface area contributed by atoms with Crippen LogP contribution >= 0.6 is 0 Å². The third-order valence-electron chi connectivity index (χ3n) is 3.08. The van der Waals surface area contributed by atoms with Crippen molar-refractivity contribution in [3.63, 3.8) is 0 Å². The maximum absolute atomic E-state index is 12.1. The lowest BCUT2D eigenvalue weighted by atomic mass is 10.0. The average Bonchev–Trinajstić information content (AvgIpc) is 2.41. The zero-order valence-electron chi connectivity index (χ0n) is 10.9. The summed E-state index contributed by atoms with van der Waals surface area (Å²) < 4.78 is 0. The highest BCUT2D eigenvalue weighted by Gasteiger charge is 2.28. The zero-order valence-corrected chi connectivity index (χ0v) is 10.9. The number of nitriles is 1. The number of carbonyl (C=O) groups is 3. The Morgan fingerprint density at radius 1 is 1.45 bits per heavy atom. The van der Waals surface area contributed by atoms with E-state index in [2.05, 4.69) is 10.6 Å². The van der Waals surface area contributed by atoms with Crippen LogP contribution in [0.5, 0.6) is 0 Å².